The van der Waals surface area contributed by atoms with Gasteiger partial charge in [0.2, 0.25) is 0 Å². The van der Waals surface area contributed by atoms with Crippen LogP contribution in [0.2, 0.25) is 0 Å². The number of rotatable bonds is 5. The second-order valence-electron chi connectivity index (χ2n) is 5.44. The van der Waals surface area contributed by atoms with Gasteiger partial charge < -0.3 is 10.6 Å². The summed E-state index contributed by atoms with van der Waals surface area (Å²) in [4.78, 5) is 1.25. The Balaban J connectivity index is 1.63. The smallest absolute Gasteiger partial charge is 0.189 e. The van der Waals surface area contributed by atoms with Gasteiger partial charge in [0.15, 0.2) is 10.2 Å². The van der Waals surface area contributed by atoms with Crippen molar-refractivity contribution in [1.82, 2.24) is 16.2 Å². The van der Waals surface area contributed by atoms with E-state index in [9.17, 15) is 0 Å². The number of nitrogens with one attached hydrogen (secondary N) is 4. The molecule has 0 unspecified atom stereocenters. The molecule has 4 nitrogen and oxygen atoms in total. The predicted molar refractivity (Wildman–Crippen MR) is 116 cm³/mol. The van der Waals surface area contributed by atoms with E-state index in [4.69, 9.17) is 24.4 Å². The molecule has 0 saturated heterocycles. The summed E-state index contributed by atoms with van der Waals surface area (Å²) < 4.78 is 0. The Morgan fingerprint density at radius 2 is 1.68 bits per heavy atom. The van der Waals surface area contributed by atoms with Crippen molar-refractivity contribution < 1.29 is 0 Å². The first kappa shape index (κ1) is 19.5. The molecule has 0 fully saturated rings. The van der Waals surface area contributed by atoms with Crippen LogP contribution in [0.5, 0.6) is 0 Å². The maximum Gasteiger partial charge on any atom is 0.189 e. The average Bonchev–Trinajstić information content (AvgIpc) is 2.60. The summed E-state index contributed by atoms with van der Waals surface area (Å²) in [7, 11) is 0. The number of thioether (sulfide) groups is 1. The lowest BCUT2D eigenvalue weighted by atomic mass is 10.1. The molecule has 132 valence electrons. The maximum atomic E-state index is 5.27. The van der Waals surface area contributed by atoms with E-state index in [1.165, 1.54) is 10.5 Å². The fourth-order valence-corrected chi connectivity index (χ4v) is 3.22. The van der Waals surface area contributed by atoms with Crippen LogP contribution in [-0.2, 0) is 0 Å². The largest absolute Gasteiger partial charge is 0.361 e. The number of aryl methyl sites for hydroxylation is 2. The maximum absolute atomic E-state index is 5.27. The van der Waals surface area contributed by atoms with E-state index >= 15 is 0 Å². The molecule has 2 rings (SSSR count). The number of hydrazine groups is 1. The summed E-state index contributed by atoms with van der Waals surface area (Å²) in [6, 6.07) is 16.4. The monoisotopic (exact) mass is 390 g/mol. The molecule has 0 aliphatic rings. The van der Waals surface area contributed by atoms with E-state index in [2.05, 4.69) is 46.6 Å². The van der Waals surface area contributed by atoms with Gasteiger partial charge in [-0.2, -0.15) is 0 Å². The van der Waals surface area contributed by atoms with E-state index in [1.54, 1.807) is 11.8 Å². The number of hydrogen-bond acceptors (Lipinski definition) is 3. The lowest BCUT2D eigenvalue weighted by molar-refractivity contribution is 0.828. The number of anilines is 1. The van der Waals surface area contributed by atoms with E-state index in [1.807, 2.05) is 37.3 Å². The minimum atomic E-state index is 0.467. The first-order chi connectivity index (χ1) is 12.0. The zero-order chi connectivity index (χ0) is 18.1. The highest BCUT2D eigenvalue weighted by Gasteiger charge is 2.02. The van der Waals surface area contributed by atoms with E-state index < -0.39 is 0 Å². The molecular weight excluding hydrogens is 368 g/mol. The van der Waals surface area contributed by atoms with Gasteiger partial charge in [0.1, 0.15) is 0 Å². The third kappa shape index (κ3) is 7.29. The Labute approximate surface area is 164 Å². The van der Waals surface area contributed by atoms with Crippen molar-refractivity contribution in [3.63, 3.8) is 0 Å². The summed E-state index contributed by atoms with van der Waals surface area (Å²) in [6.45, 7) is 4.88. The SMILES string of the molecule is Cc1ccc(NC(=S)NNC(=S)NCCSc2ccccc2)c(C)c1. The molecule has 0 spiro atoms. The third-order valence-electron chi connectivity index (χ3n) is 3.32. The zero-order valence-corrected chi connectivity index (χ0v) is 16.7. The molecule has 0 atom stereocenters. The highest BCUT2D eigenvalue weighted by atomic mass is 32.2. The van der Waals surface area contributed by atoms with Crippen LogP contribution in [0.4, 0.5) is 5.69 Å². The van der Waals surface area contributed by atoms with Gasteiger partial charge in [0, 0.05) is 22.9 Å². The van der Waals surface area contributed by atoms with Gasteiger partial charge in [-0.05, 0) is 62.0 Å². The summed E-state index contributed by atoms with van der Waals surface area (Å²) in [6.07, 6.45) is 0. The first-order valence-corrected chi connectivity index (χ1v) is 9.71. The second-order valence-corrected chi connectivity index (χ2v) is 7.42. The van der Waals surface area contributed by atoms with E-state index in [0.717, 1.165) is 23.5 Å². The Hall–Kier alpha value is -1.83. The van der Waals surface area contributed by atoms with Crippen LogP contribution in [0.15, 0.2) is 53.4 Å². The Kier molecular flexibility index (Phi) is 7.97. The zero-order valence-electron chi connectivity index (χ0n) is 14.3. The molecule has 0 aromatic heterocycles. The summed E-state index contributed by atoms with van der Waals surface area (Å²) in [5.41, 5.74) is 9.12. The van der Waals surface area contributed by atoms with Gasteiger partial charge in [0.05, 0.1) is 0 Å². The lowest BCUT2D eigenvalue weighted by Gasteiger charge is -2.15. The molecule has 0 amide bonds. The third-order valence-corrected chi connectivity index (χ3v) is 4.78. The average molecular weight is 391 g/mol. The normalized spacial score (nSPS) is 10.0. The highest BCUT2D eigenvalue weighted by molar-refractivity contribution is 7.99. The standard InChI is InChI=1S/C18H22N4S3/c1-13-8-9-16(14(2)12-13)20-18(24)22-21-17(23)19-10-11-25-15-6-4-3-5-7-15/h3-9,12H,10-11H2,1-2H3,(H2,19,21,23)(H2,20,22,24). The molecule has 7 heteroatoms. The molecule has 0 radical (unpaired) electrons. The summed E-state index contributed by atoms with van der Waals surface area (Å²) >= 11 is 12.3. The second kappa shape index (κ2) is 10.2. The molecule has 25 heavy (non-hydrogen) atoms. The predicted octanol–water partition coefficient (Wildman–Crippen LogP) is 3.76. The van der Waals surface area contributed by atoms with Crippen molar-refractivity contribution in [1.29, 1.82) is 0 Å². The van der Waals surface area contributed by atoms with Crippen molar-refractivity contribution in [2.75, 3.05) is 17.6 Å². The van der Waals surface area contributed by atoms with Crippen LogP contribution >= 0.6 is 36.2 Å². The topological polar surface area (TPSA) is 48.1 Å². The molecule has 2 aromatic rings. The number of thiocarbonyl (C=S) groups is 2. The van der Waals surface area contributed by atoms with Crippen LogP contribution in [-0.4, -0.2) is 22.5 Å². The van der Waals surface area contributed by atoms with Crippen LogP contribution in [0, 0.1) is 13.8 Å². The van der Waals surface area contributed by atoms with Crippen LogP contribution in [0.25, 0.3) is 0 Å². The summed E-state index contributed by atoms with van der Waals surface area (Å²) in [5.74, 6) is 0.928. The van der Waals surface area contributed by atoms with Crippen molar-refractivity contribution in [2.45, 2.75) is 18.7 Å². The van der Waals surface area contributed by atoms with Gasteiger partial charge in [-0.1, -0.05) is 35.9 Å². The molecular formula is C18H22N4S3. The van der Waals surface area contributed by atoms with Crippen LogP contribution in [0.3, 0.4) is 0 Å². The molecule has 4 N–H and O–H groups in total. The minimum absolute atomic E-state index is 0.467. The van der Waals surface area contributed by atoms with Gasteiger partial charge >= 0.3 is 0 Å². The Bertz CT molecular complexity index is 720. The van der Waals surface area contributed by atoms with Crippen molar-refractivity contribution in [3.8, 4) is 0 Å². The van der Waals surface area contributed by atoms with Gasteiger partial charge in [-0.15, -0.1) is 11.8 Å². The van der Waals surface area contributed by atoms with Crippen molar-refractivity contribution in [2.24, 2.45) is 0 Å². The van der Waals surface area contributed by atoms with Gasteiger partial charge in [-0.25, -0.2) is 0 Å². The summed E-state index contributed by atoms with van der Waals surface area (Å²) in [5, 5.41) is 7.27. The van der Waals surface area contributed by atoms with Crippen molar-refractivity contribution >= 4 is 52.1 Å². The van der Waals surface area contributed by atoms with Gasteiger partial charge in [-0.3, -0.25) is 10.9 Å². The molecule has 0 aliphatic heterocycles. The Morgan fingerprint density at radius 1 is 0.960 bits per heavy atom. The highest BCUT2D eigenvalue weighted by Crippen LogP contribution is 2.16. The van der Waals surface area contributed by atoms with Gasteiger partial charge in [0.25, 0.3) is 0 Å². The Morgan fingerprint density at radius 3 is 2.40 bits per heavy atom. The quantitative estimate of drug-likeness (QED) is 0.268. The first-order valence-electron chi connectivity index (χ1n) is 7.90. The fraction of sp³-hybridized carbons (Fsp3) is 0.222. The molecule has 0 bridgehead atoms. The van der Waals surface area contributed by atoms with E-state index in [0.29, 0.717) is 10.2 Å². The molecule has 0 aliphatic carbocycles. The van der Waals surface area contributed by atoms with Crippen LogP contribution < -0.4 is 21.5 Å². The number of benzene rings is 2. The molecule has 0 saturated carbocycles. The molecule has 2 aromatic carbocycles. The number of hydrogen-bond donors (Lipinski definition) is 4. The lowest BCUT2D eigenvalue weighted by Crippen LogP contribution is -2.48. The fourth-order valence-electron chi connectivity index (χ4n) is 2.12. The minimum Gasteiger partial charge on any atom is -0.361 e. The van der Waals surface area contributed by atoms with Crippen LogP contribution in [0.1, 0.15) is 11.1 Å². The molecule has 0 heterocycles. The van der Waals surface area contributed by atoms with E-state index in [-0.39, 0.29) is 0 Å². The van der Waals surface area contributed by atoms with Crippen molar-refractivity contribution in [3.05, 3.63) is 59.7 Å².